The van der Waals surface area contributed by atoms with E-state index in [1.54, 1.807) is 0 Å². The molecular weight excluding hydrogens is 260 g/mol. The molecule has 2 fully saturated rings. The van der Waals surface area contributed by atoms with E-state index >= 15 is 0 Å². The molecule has 21 heavy (non-hydrogen) atoms. The van der Waals surface area contributed by atoms with Crippen LogP contribution in [0.5, 0.6) is 0 Å². The van der Waals surface area contributed by atoms with E-state index in [2.05, 4.69) is 41.8 Å². The molecule has 0 radical (unpaired) electrons. The van der Waals surface area contributed by atoms with Crippen molar-refractivity contribution < 1.29 is 4.79 Å². The number of piperazine rings is 1. The van der Waals surface area contributed by atoms with Crippen molar-refractivity contribution in [2.24, 2.45) is 0 Å². The van der Waals surface area contributed by atoms with Crippen molar-refractivity contribution in [1.82, 2.24) is 4.90 Å². The molecule has 0 spiro atoms. The van der Waals surface area contributed by atoms with E-state index in [1.807, 2.05) is 0 Å². The third-order valence-corrected chi connectivity index (χ3v) is 5.26. The quantitative estimate of drug-likeness (QED) is 0.835. The second-order valence-corrected chi connectivity index (χ2v) is 6.51. The number of aryl methyl sites for hydroxylation is 1. The minimum Gasteiger partial charge on any atom is -0.369 e. The van der Waals surface area contributed by atoms with E-state index in [0.29, 0.717) is 11.8 Å². The van der Waals surface area contributed by atoms with Gasteiger partial charge in [0, 0.05) is 50.7 Å². The largest absolute Gasteiger partial charge is 0.369 e. The molecule has 1 saturated heterocycles. The van der Waals surface area contributed by atoms with Crippen molar-refractivity contribution in [1.29, 1.82) is 0 Å². The zero-order valence-electron chi connectivity index (χ0n) is 13.3. The summed E-state index contributed by atoms with van der Waals surface area (Å²) in [5.74, 6) is 0.459. The Morgan fingerprint density at radius 3 is 2.33 bits per heavy atom. The van der Waals surface area contributed by atoms with Gasteiger partial charge in [0.05, 0.1) is 0 Å². The standard InChI is InChI=1S/C18H26N2O/c1-14-4-3-5-18(15(14)2)20-12-10-19(11-13-20)16-6-8-17(21)9-7-16/h3-5,16H,6-13H2,1-2H3. The predicted octanol–water partition coefficient (Wildman–Crippen LogP) is 2.94. The van der Waals surface area contributed by atoms with Gasteiger partial charge in [-0.05, 0) is 43.9 Å². The molecule has 0 atom stereocenters. The summed E-state index contributed by atoms with van der Waals surface area (Å²) < 4.78 is 0. The first kappa shape index (κ1) is 14.6. The van der Waals surface area contributed by atoms with Crippen molar-refractivity contribution in [3.63, 3.8) is 0 Å². The van der Waals surface area contributed by atoms with Gasteiger partial charge in [-0.2, -0.15) is 0 Å². The number of hydrogen-bond donors (Lipinski definition) is 0. The monoisotopic (exact) mass is 286 g/mol. The Kier molecular flexibility index (Phi) is 4.29. The first-order valence-electron chi connectivity index (χ1n) is 8.22. The van der Waals surface area contributed by atoms with Gasteiger partial charge in [-0.15, -0.1) is 0 Å². The van der Waals surface area contributed by atoms with Crippen LogP contribution in [0.15, 0.2) is 18.2 Å². The first-order chi connectivity index (χ1) is 10.1. The molecule has 3 rings (SSSR count). The maximum atomic E-state index is 11.4. The maximum Gasteiger partial charge on any atom is 0.133 e. The van der Waals surface area contributed by atoms with Crippen LogP contribution in [0.25, 0.3) is 0 Å². The zero-order valence-corrected chi connectivity index (χ0v) is 13.3. The highest BCUT2D eigenvalue weighted by molar-refractivity contribution is 5.79. The van der Waals surface area contributed by atoms with Crippen LogP contribution < -0.4 is 4.90 Å². The molecule has 0 N–H and O–H groups in total. The summed E-state index contributed by atoms with van der Waals surface area (Å²) in [6.07, 6.45) is 3.73. The van der Waals surface area contributed by atoms with Gasteiger partial charge in [-0.3, -0.25) is 9.69 Å². The molecule has 1 heterocycles. The van der Waals surface area contributed by atoms with Gasteiger partial charge in [0.1, 0.15) is 5.78 Å². The zero-order chi connectivity index (χ0) is 14.8. The predicted molar refractivity (Wildman–Crippen MR) is 87.0 cm³/mol. The number of ketones is 1. The number of hydrogen-bond acceptors (Lipinski definition) is 3. The van der Waals surface area contributed by atoms with E-state index in [1.165, 1.54) is 16.8 Å². The van der Waals surface area contributed by atoms with Gasteiger partial charge in [-0.25, -0.2) is 0 Å². The van der Waals surface area contributed by atoms with Crippen molar-refractivity contribution in [2.75, 3.05) is 31.1 Å². The van der Waals surface area contributed by atoms with Gasteiger partial charge in [0.15, 0.2) is 0 Å². The summed E-state index contributed by atoms with van der Waals surface area (Å²) in [5, 5.41) is 0. The third kappa shape index (κ3) is 3.13. The van der Waals surface area contributed by atoms with E-state index < -0.39 is 0 Å². The Labute approximate surface area is 127 Å². The normalized spacial score (nSPS) is 21.8. The van der Waals surface area contributed by atoms with Gasteiger partial charge >= 0.3 is 0 Å². The number of rotatable bonds is 2. The fourth-order valence-corrected chi connectivity index (χ4v) is 3.70. The first-order valence-corrected chi connectivity index (χ1v) is 8.22. The number of carbonyl (C=O) groups is 1. The van der Waals surface area contributed by atoms with Crippen LogP contribution in [0.1, 0.15) is 36.8 Å². The minimum absolute atomic E-state index is 0.459. The number of Topliss-reactive ketones (excluding diaryl/α,β-unsaturated/α-hetero) is 1. The van der Waals surface area contributed by atoms with Crippen LogP contribution >= 0.6 is 0 Å². The fraction of sp³-hybridized carbons (Fsp3) is 0.611. The molecule has 3 heteroatoms. The average molecular weight is 286 g/mol. The summed E-state index contributed by atoms with van der Waals surface area (Å²) in [5.41, 5.74) is 4.18. The highest BCUT2D eigenvalue weighted by Crippen LogP contribution is 2.26. The molecule has 0 unspecified atom stereocenters. The molecule has 1 aliphatic heterocycles. The molecule has 0 amide bonds. The highest BCUT2D eigenvalue weighted by Gasteiger charge is 2.27. The summed E-state index contributed by atoms with van der Waals surface area (Å²) >= 11 is 0. The molecule has 3 nitrogen and oxygen atoms in total. The smallest absolute Gasteiger partial charge is 0.133 e. The van der Waals surface area contributed by atoms with Gasteiger partial charge in [0.2, 0.25) is 0 Å². The summed E-state index contributed by atoms with van der Waals surface area (Å²) in [7, 11) is 0. The lowest BCUT2D eigenvalue weighted by Crippen LogP contribution is -2.51. The highest BCUT2D eigenvalue weighted by atomic mass is 16.1. The lowest BCUT2D eigenvalue weighted by Gasteiger charge is -2.41. The van der Waals surface area contributed by atoms with Gasteiger partial charge in [0.25, 0.3) is 0 Å². The second kappa shape index (κ2) is 6.18. The van der Waals surface area contributed by atoms with Crippen LogP contribution in [-0.4, -0.2) is 42.9 Å². The third-order valence-electron chi connectivity index (χ3n) is 5.26. The molecule has 1 aromatic carbocycles. The number of anilines is 1. The molecule has 1 aliphatic carbocycles. The number of nitrogens with zero attached hydrogens (tertiary/aromatic N) is 2. The van der Waals surface area contributed by atoms with E-state index in [9.17, 15) is 4.79 Å². The van der Waals surface area contributed by atoms with Crippen LogP contribution in [0.4, 0.5) is 5.69 Å². The molecule has 1 saturated carbocycles. The molecule has 0 bridgehead atoms. The van der Waals surface area contributed by atoms with Crippen LogP contribution in [0.3, 0.4) is 0 Å². The van der Waals surface area contributed by atoms with Crippen molar-refractivity contribution >= 4 is 11.5 Å². The molecule has 2 aliphatic rings. The van der Waals surface area contributed by atoms with Crippen molar-refractivity contribution in [3.05, 3.63) is 29.3 Å². The maximum absolute atomic E-state index is 11.4. The molecule has 1 aromatic rings. The van der Waals surface area contributed by atoms with E-state index in [0.717, 1.165) is 51.9 Å². The Balaban J connectivity index is 1.60. The van der Waals surface area contributed by atoms with E-state index in [-0.39, 0.29) is 0 Å². The molecule has 0 aromatic heterocycles. The van der Waals surface area contributed by atoms with Crippen molar-refractivity contribution in [2.45, 2.75) is 45.6 Å². The fourth-order valence-electron chi connectivity index (χ4n) is 3.70. The second-order valence-electron chi connectivity index (χ2n) is 6.51. The average Bonchev–Trinajstić information content (AvgIpc) is 2.51. The molecule has 114 valence electrons. The summed E-state index contributed by atoms with van der Waals surface area (Å²) in [6, 6.07) is 7.24. The Morgan fingerprint density at radius 1 is 1.00 bits per heavy atom. The van der Waals surface area contributed by atoms with Crippen LogP contribution in [0.2, 0.25) is 0 Å². The minimum atomic E-state index is 0.459. The lowest BCUT2D eigenvalue weighted by molar-refractivity contribution is -0.121. The van der Waals surface area contributed by atoms with Crippen molar-refractivity contribution in [3.8, 4) is 0 Å². The van der Waals surface area contributed by atoms with Crippen LogP contribution in [0, 0.1) is 13.8 Å². The topological polar surface area (TPSA) is 23.6 Å². The van der Waals surface area contributed by atoms with Crippen LogP contribution in [-0.2, 0) is 4.79 Å². The Bertz CT molecular complexity index is 508. The Hall–Kier alpha value is -1.35. The molecular formula is C18H26N2O. The SMILES string of the molecule is Cc1cccc(N2CCN(C3CCC(=O)CC3)CC2)c1C. The van der Waals surface area contributed by atoms with Gasteiger partial charge in [-0.1, -0.05) is 12.1 Å². The van der Waals surface area contributed by atoms with E-state index in [4.69, 9.17) is 0 Å². The lowest BCUT2D eigenvalue weighted by atomic mass is 9.92. The summed E-state index contributed by atoms with van der Waals surface area (Å²) in [6.45, 7) is 8.89. The Morgan fingerprint density at radius 2 is 1.67 bits per heavy atom. The van der Waals surface area contributed by atoms with Gasteiger partial charge < -0.3 is 4.90 Å². The number of benzene rings is 1. The summed E-state index contributed by atoms with van der Waals surface area (Å²) in [4.78, 5) is 16.5. The number of carbonyl (C=O) groups excluding carboxylic acids is 1.